The average molecular weight is 377 g/mol. The number of amides is 3. The van der Waals surface area contributed by atoms with E-state index >= 15 is 0 Å². The van der Waals surface area contributed by atoms with E-state index in [9.17, 15) is 22.4 Å². The molecule has 1 aromatic heterocycles. The number of hydrogen-bond donors (Lipinski definition) is 3. The van der Waals surface area contributed by atoms with Crippen LogP contribution >= 0.6 is 11.6 Å². The molecule has 0 bridgehead atoms. The third kappa shape index (κ3) is 3.08. The van der Waals surface area contributed by atoms with Gasteiger partial charge < -0.3 is 5.32 Å². The summed E-state index contributed by atoms with van der Waals surface area (Å²) in [7, 11) is -4.09. The third-order valence-electron chi connectivity index (χ3n) is 4.26. The third-order valence-corrected chi connectivity index (χ3v) is 5.90. The number of sulfonamides is 1. The Labute approximate surface area is 142 Å². The molecule has 2 heterocycles. The molecule has 1 spiro atoms. The van der Waals surface area contributed by atoms with Crippen LogP contribution in [0.1, 0.15) is 19.3 Å². The van der Waals surface area contributed by atoms with Gasteiger partial charge in [0.25, 0.3) is 5.91 Å². The van der Waals surface area contributed by atoms with Gasteiger partial charge in [-0.1, -0.05) is 11.6 Å². The van der Waals surface area contributed by atoms with E-state index in [1.807, 2.05) is 0 Å². The summed E-state index contributed by atoms with van der Waals surface area (Å²) in [6.07, 6.45) is 1.29. The van der Waals surface area contributed by atoms with Crippen molar-refractivity contribution < 1.29 is 22.4 Å². The van der Waals surface area contributed by atoms with Gasteiger partial charge >= 0.3 is 6.03 Å². The zero-order chi connectivity index (χ0) is 17.5. The van der Waals surface area contributed by atoms with E-state index in [-0.39, 0.29) is 17.6 Å². The molecule has 3 amide bonds. The molecule has 2 unspecified atom stereocenters. The maximum atomic E-state index is 13.7. The van der Waals surface area contributed by atoms with Crippen molar-refractivity contribution in [3.05, 3.63) is 23.2 Å². The van der Waals surface area contributed by atoms with Gasteiger partial charge in [0.15, 0.2) is 0 Å². The SMILES string of the molecule is O=C1NC(=O)C2(CCC(CNS(=O)(=O)c3ccc(Cl)nc3F)C2)N1. The quantitative estimate of drug-likeness (QED) is 0.523. The van der Waals surface area contributed by atoms with Crippen molar-refractivity contribution in [3.8, 4) is 0 Å². The van der Waals surface area contributed by atoms with Crippen LogP contribution in [-0.2, 0) is 14.8 Å². The van der Waals surface area contributed by atoms with E-state index in [4.69, 9.17) is 11.6 Å². The Morgan fingerprint density at radius 2 is 2.17 bits per heavy atom. The van der Waals surface area contributed by atoms with Crippen LogP contribution in [0.15, 0.2) is 17.0 Å². The van der Waals surface area contributed by atoms with Gasteiger partial charge in [0.1, 0.15) is 15.6 Å². The Morgan fingerprint density at radius 1 is 1.42 bits per heavy atom. The lowest BCUT2D eigenvalue weighted by Crippen LogP contribution is -2.44. The number of rotatable bonds is 4. The lowest BCUT2D eigenvalue weighted by molar-refractivity contribution is -0.123. The normalized spacial score (nSPS) is 26.7. The summed E-state index contributed by atoms with van der Waals surface area (Å²) in [5, 5.41) is 4.63. The molecule has 1 aliphatic carbocycles. The van der Waals surface area contributed by atoms with Gasteiger partial charge in [0, 0.05) is 6.54 Å². The minimum Gasteiger partial charge on any atom is -0.323 e. The van der Waals surface area contributed by atoms with Crippen LogP contribution in [0.25, 0.3) is 0 Å². The van der Waals surface area contributed by atoms with Gasteiger partial charge in [0.2, 0.25) is 16.0 Å². The second kappa shape index (κ2) is 5.94. The van der Waals surface area contributed by atoms with Crippen LogP contribution in [0.3, 0.4) is 0 Å². The first-order valence-corrected chi connectivity index (χ1v) is 9.03. The molecule has 8 nitrogen and oxygen atoms in total. The van der Waals surface area contributed by atoms with Crippen LogP contribution in [0.5, 0.6) is 0 Å². The van der Waals surface area contributed by atoms with Crippen molar-refractivity contribution in [1.29, 1.82) is 0 Å². The molecular formula is C13H14ClFN4O4S. The predicted octanol–water partition coefficient (Wildman–Crippen LogP) is 0.531. The zero-order valence-electron chi connectivity index (χ0n) is 12.3. The van der Waals surface area contributed by atoms with Crippen LogP contribution in [-0.4, -0.2) is 37.4 Å². The molecule has 1 aliphatic heterocycles. The fraction of sp³-hybridized carbons (Fsp3) is 0.462. The molecule has 1 saturated carbocycles. The number of pyridine rings is 1. The van der Waals surface area contributed by atoms with Crippen molar-refractivity contribution in [3.63, 3.8) is 0 Å². The summed E-state index contributed by atoms with van der Waals surface area (Å²) < 4.78 is 40.3. The van der Waals surface area contributed by atoms with Crippen molar-refractivity contribution in [2.45, 2.75) is 29.7 Å². The molecule has 2 aliphatic rings. The van der Waals surface area contributed by atoms with E-state index in [0.717, 1.165) is 6.07 Å². The van der Waals surface area contributed by atoms with Gasteiger partial charge in [0.05, 0.1) is 0 Å². The minimum atomic E-state index is -4.09. The molecule has 0 aromatic carbocycles. The van der Waals surface area contributed by atoms with E-state index in [1.165, 1.54) is 6.07 Å². The summed E-state index contributed by atoms with van der Waals surface area (Å²) in [6, 6.07) is 1.67. The summed E-state index contributed by atoms with van der Waals surface area (Å²) in [6.45, 7) is 0.0231. The monoisotopic (exact) mass is 376 g/mol. The summed E-state index contributed by atoms with van der Waals surface area (Å²) in [4.78, 5) is 25.8. The number of imide groups is 1. The molecule has 24 heavy (non-hydrogen) atoms. The average Bonchev–Trinajstić information content (AvgIpc) is 3.00. The fourth-order valence-electron chi connectivity index (χ4n) is 3.07. The van der Waals surface area contributed by atoms with Gasteiger partial charge in [-0.15, -0.1) is 0 Å². The Bertz CT molecular complexity index is 818. The minimum absolute atomic E-state index is 0.0231. The smallest absolute Gasteiger partial charge is 0.322 e. The van der Waals surface area contributed by atoms with E-state index in [0.29, 0.717) is 19.3 Å². The molecule has 3 N–H and O–H groups in total. The van der Waals surface area contributed by atoms with Crippen LogP contribution in [0.4, 0.5) is 9.18 Å². The number of hydrogen-bond acceptors (Lipinski definition) is 5. The van der Waals surface area contributed by atoms with E-state index < -0.39 is 38.3 Å². The summed E-state index contributed by atoms with van der Waals surface area (Å²) in [5.41, 5.74) is -0.972. The summed E-state index contributed by atoms with van der Waals surface area (Å²) >= 11 is 5.50. The highest BCUT2D eigenvalue weighted by molar-refractivity contribution is 7.89. The van der Waals surface area contributed by atoms with Crippen molar-refractivity contribution in [1.82, 2.24) is 20.3 Å². The second-order valence-electron chi connectivity index (χ2n) is 5.87. The maximum absolute atomic E-state index is 13.7. The number of carbonyl (C=O) groups excluding carboxylic acids is 2. The van der Waals surface area contributed by atoms with Gasteiger partial charge in [-0.25, -0.2) is 22.9 Å². The first-order chi connectivity index (χ1) is 11.2. The molecule has 2 fully saturated rings. The topological polar surface area (TPSA) is 117 Å². The predicted molar refractivity (Wildman–Crippen MR) is 81.1 cm³/mol. The molecule has 0 radical (unpaired) electrons. The second-order valence-corrected chi connectivity index (χ2v) is 8.00. The number of urea groups is 1. The molecule has 130 valence electrons. The molecule has 3 rings (SSSR count). The highest BCUT2D eigenvalue weighted by Crippen LogP contribution is 2.36. The van der Waals surface area contributed by atoms with Crippen LogP contribution < -0.4 is 15.4 Å². The lowest BCUT2D eigenvalue weighted by atomic mass is 9.96. The van der Waals surface area contributed by atoms with Crippen molar-refractivity contribution in [2.75, 3.05) is 6.54 Å². The van der Waals surface area contributed by atoms with E-state index in [2.05, 4.69) is 20.3 Å². The molecule has 11 heteroatoms. The standard InChI is InChI=1S/C13H14ClFN4O4S/c14-9-2-1-8(10(15)17-9)24(22,23)16-6-7-3-4-13(5-7)11(20)18-12(21)19-13/h1-2,7,16H,3-6H2,(H2,18,19,20,21). The van der Waals surface area contributed by atoms with Gasteiger partial charge in [-0.3, -0.25) is 10.1 Å². The summed E-state index contributed by atoms with van der Waals surface area (Å²) in [5.74, 6) is -1.74. The zero-order valence-corrected chi connectivity index (χ0v) is 13.9. The Balaban J connectivity index is 1.66. The van der Waals surface area contributed by atoms with Gasteiger partial charge in [-0.2, -0.15) is 4.39 Å². The molecule has 2 atom stereocenters. The van der Waals surface area contributed by atoms with Crippen LogP contribution in [0.2, 0.25) is 5.15 Å². The fourth-order valence-corrected chi connectivity index (χ4v) is 4.34. The first-order valence-electron chi connectivity index (χ1n) is 7.17. The maximum Gasteiger partial charge on any atom is 0.322 e. The van der Waals surface area contributed by atoms with Crippen molar-refractivity contribution in [2.24, 2.45) is 5.92 Å². The van der Waals surface area contributed by atoms with E-state index in [1.54, 1.807) is 0 Å². The molecule has 1 saturated heterocycles. The van der Waals surface area contributed by atoms with Gasteiger partial charge in [-0.05, 0) is 37.3 Å². The van der Waals surface area contributed by atoms with Crippen molar-refractivity contribution >= 4 is 33.6 Å². The number of nitrogens with zero attached hydrogens (tertiary/aromatic N) is 1. The molecular weight excluding hydrogens is 363 g/mol. The lowest BCUT2D eigenvalue weighted by Gasteiger charge is -2.19. The number of carbonyl (C=O) groups is 2. The number of nitrogens with one attached hydrogen (secondary N) is 3. The number of aromatic nitrogens is 1. The Kier molecular flexibility index (Phi) is 4.22. The first kappa shape index (κ1) is 17.1. The highest BCUT2D eigenvalue weighted by atomic mass is 35.5. The van der Waals surface area contributed by atoms with Crippen LogP contribution in [0, 0.1) is 11.9 Å². The Morgan fingerprint density at radius 3 is 2.79 bits per heavy atom. The highest BCUT2D eigenvalue weighted by Gasteiger charge is 2.50. The molecule has 1 aromatic rings. The largest absolute Gasteiger partial charge is 0.323 e. The number of halogens is 2. The Hall–Kier alpha value is -1.78.